The van der Waals surface area contributed by atoms with E-state index in [1.165, 1.54) is 19.5 Å². The van der Waals surface area contributed by atoms with Crippen LogP contribution in [0.2, 0.25) is 0 Å². The number of fused-ring (bicyclic) bond motifs is 1. The number of halogens is 1. The van der Waals surface area contributed by atoms with Crippen molar-refractivity contribution >= 4 is 17.4 Å². The zero-order valence-corrected chi connectivity index (χ0v) is 8.61. The highest BCUT2D eigenvalue weighted by atomic mass is 35.5. The van der Waals surface area contributed by atoms with Crippen LogP contribution in [0.15, 0.2) is 12.4 Å². The van der Waals surface area contributed by atoms with Crippen LogP contribution in [0.1, 0.15) is 12.1 Å². The van der Waals surface area contributed by atoms with Crippen molar-refractivity contribution in [3.63, 3.8) is 0 Å². The van der Waals surface area contributed by atoms with E-state index in [9.17, 15) is 0 Å². The summed E-state index contributed by atoms with van der Waals surface area (Å²) in [5, 5.41) is 0. The predicted octanol–water partition coefficient (Wildman–Crippen LogP) is 1.67. The molecule has 0 N–H and O–H groups in total. The maximum atomic E-state index is 5.65. The normalized spacial score (nSPS) is 29.1. The number of hydrogen-bond acceptors (Lipinski definition) is 3. The van der Waals surface area contributed by atoms with Gasteiger partial charge in [0.2, 0.25) is 0 Å². The highest BCUT2D eigenvalue weighted by molar-refractivity contribution is 6.16. The van der Waals surface area contributed by atoms with Gasteiger partial charge in [0, 0.05) is 13.1 Å². The number of anilines is 1. The van der Waals surface area contributed by atoms with Crippen LogP contribution in [0.3, 0.4) is 0 Å². The second-order valence-electron chi connectivity index (χ2n) is 4.16. The van der Waals surface area contributed by atoms with E-state index in [1.807, 2.05) is 6.20 Å². The molecule has 0 bridgehead atoms. The van der Waals surface area contributed by atoms with Gasteiger partial charge >= 0.3 is 0 Å². The van der Waals surface area contributed by atoms with Gasteiger partial charge in [-0.25, -0.2) is 4.98 Å². The molecule has 2 heterocycles. The average molecular weight is 210 g/mol. The number of rotatable bonds is 2. The third-order valence-corrected chi connectivity index (χ3v) is 3.41. The zero-order chi connectivity index (χ0) is 9.54. The molecule has 74 valence electrons. The standard InChI is InChI=1S/C10H12ClN3/c11-2-9-3-13-10(4-12-9)14-5-7-1-8(7)6-14/h3-4,7-8H,1-2,5-6H2. The Morgan fingerprint density at radius 1 is 1.29 bits per heavy atom. The highest BCUT2D eigenvalue weighted by Gasteiger charge is 2.45. The topological polar surface area (TPSA) is 29.0 Å². The Morgan fingerprint density at radius 2 is 2.07 bits per heavy atom. The minimum absolute atomic E-state index is 0.443. The van der Waals surface area contributed by atoms with Crippen LogP contribution < -0.4 is 4.90 Å². The molecule has 1 aliphatic carbocycles. The van der Waals surface area contributed by atoms with Crippen molar-refractivity contribution < 1.29 is 0 Å². The van der Waals surface area contributed by atoms with Crippen LogP contribution in [0.4, 0.5) is 5.82 Å². The molecule has 1 saturated heterocycles. The molecular formula is C10H12ClN3. The van der Waals surface area contributed by atoms with Crippen molar-refractivity contribution in [2.75, 3.05) is 18.0 Å². The minimum atomic E-state index is 0.443. The average Bonchev–Trinajstić information content (AvgIpc) is 2.86. The maximum absolute atomic E-state index is 5.65. The third kappa shape index (κ3) is 1.36. The number of aromatic nitrogens is 2. The quantitative estimate of drug-likeness (QED) is 0.694. The smallest absolute Gasteiger partial charge is 0.147 e. The molecule has 3 rings (SSSR count). The Labute approximate surface area is 88.1 Å². The summed E-state index contributed by atoms with van der Waals surface area (Å²) in [6.45, 7) is 2.33. The van der Waals surface area contributed by atoms with Gasteiger partial charge in [0.05, 0.1) is 24.0 Å². The first kappa shape index (κ1) is 8.48. The van der Waals surface area contributed by atoms with Gasteiger partial charge in [-0.3, -0.25) is 4.98 Å². The van der Waals surface area contributed by atoms with Gasteiger partial charge < -0.3 is 4.90 Å². The first-order valence-corrected chi connectivity index (χ1v) is 5.52. The fourth-order valence-corrected chi connectivity index (χ4v) is 2.30. The van der Waals surface area contributed by atoms with Gasteiger partial charge in [-0.15, -0.1) is 11.6 Å². The van der Waals surface area contributed by atoms with E-state index in [0.29, 0.717) is 5.88 Å². The van der Waals surface area contributed by atoms with E-state index in [0.717, 1.165) is 23.3 Å². The molecule has 0 spiro atoms. The Balaban J connectivity index is 1.76. The third-order valence-electron chi connectivity index (χ3n) is 3.13. The van der Waals surface area contributed by atoms with E-state index in [4.69, 9.17) is 11.6 Å². The van der Waals surface area contributed by atoms with Crippen LogP contribution in [-0.2, 0) is 5.88 Å². The van der Waals surface area contributed by atoms with Gasteiger partial charge in [-0.05, 0) is 18.3 Å². The van der Waals surface area contributed by atoms with Crippen molar-refractivity contribution in [1.29, 1.82) is 0 Å². The SMILES string of the molecule is ClCc1cnc(N2CC3CC3C2)cn1. The molecule has 1 aromatic heterocycles. The fourth-order valence-electron chi connectivity index (χ4n) is 2.17. The molecule has 0 radical (unpaired) electrons. The molecule has 1 aliphatic heterocycles. The summed E-state index contributed by atoms with van der Waals surface area (Å²) < 4.78 is 0. The lowest BCUT2D eigenvalue weighted by molar-refractivity contribution is 0.799. The fraction of sp³-hybridized carbons (Fsp3) is 0.600. The molecule has 3 nitrogen and oxygen atoms in total. The van der Waals surface area contributed by atoms with Crippen LogP contribution in [-0.4, -0.2) is 23.1 Å². The number of piperidine rings is 1. The molecule has 2 unspecified atom stereocenters. The second-order valence-corrected chi connectivity index (χ2v) is 4.43. The van der Waals surface area contributed by atoms with Gasteiger partial charge in [0.1, 0.15) is 5.82 Å². The summed E-state index contributed by atoms with van der Waals surface area (Å²) >= 11 is 5.65. The number of hydrogen-bond donors (Lipinski definition) is 0. The molecule has 2 fully saturated rings. The molecule has 1 aromatic rings. The Hall–Kier alpha value is -0.830. The summed E-state index contributed by atoms with van der Waals surface area (Å²) in [5.74, 6) is 3.32. The lowest BCUT2D eigenvalue weighted by atomic mass is 10.4. The van der Waals surface area contributed by atoms with Crippen molar-refractivity contribution in [2.24, 2.45) is 11.8 Å². The van der Waals surface area contributed by atoms with E-state index < -0.39 is 0 Å². The van der Waals surface area contributed by atoms with Crippen molar-refractivity contribution in [2.45, 2.75) is 12.3 Å². The second kappa shape index (κ2) is 3.09. The van der Waals surface area contributed by atoms with Gasteiger partial charge in [-0.1, -0.05) is 0 Å². The maximum Gasteiger partial charge on any atom is 0.147 e. The molecule has 2 atom stereocenters. The molecular weight excluding hydrogens is 198 g/mol. The minimum Gasteiger partial charge on any atom is -0.355 e. The van der Waals surface area contributed by atoms with Crippen LogP contribution >= 0.6 is 11.6 Å². The Morgan fingerprint density at radius 3 is 2.64 bits per heavy atom. The summed E-state index contributed by atoms with van der Waals surface area (Å²) in [7, 11) is 0. The van der Waals surface area contributed by atoms with Gasteiger partial charge in [-0.2, -0.15) is 0 Å². The zero-order valence-electron chi connectivity index (χ0n) is 7.86. The van der Waals surface area contributed by atoms with E-state index >= 15 is 0 Å². The lowest BCUT2D eigenvalue weighted by Gasteiger charge is -2.18. The summed E-state index contributed by atoms with van der Waals surface area (Å²) in [4.78, 5) is 10.9. The van der Waals surface area contributed by atoms with E-state index in [2.05, 4.69) is 14.9 Å². The molecule has 2 aliphatic rings. The monoisotopic (exact) mass is 209 g/mol. The van der Waals surface area contributed by atoms with Gasteiger partial charge in [0.15, 0.2) is 0 Å². The van der Waals surface area contributed by atoms with Crippen LogP contribution in [0.25, 0.3) is 0 Å². The summed E-state index contributed by atoms with van der Waals surface area (Å²) in [6, 6.07) is 0. The highest BCUT2D eigenvalue weighted by Crippen LogP contribution is 2.45. The molecule has 4 heteroatoms. The molecule has 0 amide bonds. The largest absolute Gasteiger partial charge is 0.355 e. The lowest BCUT2D eigenvalue weighted by Crippen LogP contribution is -2.23. The predicted molar refractivity (Wildman–Crippen MR) is 55.4 cm³/mol. The van der Waals surface area contributed by atoms with Crippen molar-refractivity contribution in [3.8, 4) is 0 Å². The van der Waals surface area contributed by atoms with Crippen molar-refractivity contribution in [3.05, 3.63) is 18.1 Å². The first-order chi connectivity index (χ1) is 6.86. The summed E-state index contributed by atoms with van der Waals surface area (Å²) in [5.41, 5.74) is 0.847. The molecule has 14 heavy (non-hydrogen) atoms. The summed E-state index contributed by atoms with van der Waals surface area (Å²) in [6.07, 6.45) is 5.03. The van der Waals surface area contributed by atoms with Gasteiger partial charge in [0.25, 0.3) is 0 Å². The molecule has 1 saturated carbocycles. The van der Waals surface area contributed by atoms with E-state index in [1.54, 1.807) is 6.20 Å². The first-order valence-electron chi connectivity index (χ1n) is 4.98. The molecule has 0 aromatic carbocycles. The van der Waals surface area contributed by atoms with Crippen LogP contribution in [0.5, 0.6) is 0 Å². The van der Waals surface area contributed by atoms with Crippen molar-refractivity contribution in [1.82, 2.24) is 9.97 Å². The Kier molecular flexibility index (Phi) is 1.87. The number of alkyl halides is 1. The Bertz CT molecular complexity index is 328. The van der Waals surface area contributed by atoms with Crippen LogP contribution in [0, 0.1) is 11.8 Å². The van der Waals surface area contributed by atoms with E-state index in [-0.39, 0.29) is 0 Å². The number of nitrogens with zero attached hydrogens (tertiary/aromatic N) is 3.